The van der Waals surface area contributed by atoms with E-state index in [0.717, 1.165) is 28.8 Å². The Morgan fingerprint density at radius 3 is 2.60 bits per heavy atom. The number of rotatable bonds is 5. The first-order valence-corrected chi connectivity index (χ1v) is 10.4. The third kappa shape index (κ3) is 3.71. The highest BCUT2D eigenvalue weighted by molar-refractivity contribution is 6.30. The van der Waals surface area contributed by atoms with Gasteiger partial charge in [-0.2, -0.15) is 4.98 Å². The van der Waals surface area contributed by atoms with Crippen LogP contribution in [-0.4, -0.2) is 27.6 Å². The van der Waals surface area contributed by atoms with Crippen molar-refractivity contribution in [1.82, 2.24) is 20.4 Å². The fraction of sp³-hybridized carbons (Fsp3) is 0.261. The lowest BCUT2D eigenvalue weighted by Gasteiger charge is -2.34. The minimum atomic E-state index is -0.376. The number of carbonyl (C=O) groups is 1. The molecule has 0 saturated heterocycles. The van der Waals surface area contributed by atoms with Crippen molar-refractivity contribution in [3.8, 4) is 11.4 Å². The molecule has 0 radical (unpaired) electrons. The quantitative estimate of drug-likeness (QED) is 0.591. The van der Waals surface area contributed by atoms with Crippen molar-refractivity contribution in [3.05, 3.63) is 76.3 Å². The van der Waals surface area contributed by atoms with Crippen LogP contribution in [0.5, 0.6) is 0 Å². The molecule has 7 heteroatoms. The second-order valence-electron chi connectivity index (χ2n) is 7.15. The molecule has 4 rings (SSSR count). The van der Waals surface area contributed by atoms with Crippen LogP contribution in [-0.2, 0) is 6.42 Å². The molecule has 1 aromatic heterocycles. The van der Waals surface area contributed by atoms with E-state index < -0.39 is 0 Å². The molecule has 2 heterocycles. The fourth-order valence-corrected chi connectivity index (χ4v) is 3.90. The van der Waals surface area contributed by atoms with Gasteiger partial charge in [0.15, 0.2) is 0 Å². The number of aryl methyl sites for hydroxylation is 1. The maximum absolute atomic E-state index is 12.7. The molecule has 0 bridgehead atoms. The lowest BCUT2D eigenvalue weighted by atomic mass is 9.94. The average molecular weight is 423 g/mol. The van der Waals surface area contributed by atoms with Gasteiger partial charge in [0.05, 0.1) is 11.6 Å². The zero-order chi connectivity index (χ0) is 21.3. The molecule has 154 valence electrons. The number of carbonyl (C=O) groups excluding carboxylic acids is 1. The van der Waals surface area contributed by atoms with Crippen LogP contribution in [0.15, 0.2) is 58.8 Å². The molecule has 1 unspecified atom stereocenters. The normalized spacial score (nSPS) is 16.7. The second kappa shape index (κ2) is 8.32. The van der Waals surface area contributed by atoms with Gasteiger partial charge in [-0.05, 0) is 43.5 Å². The molecular formula is C23H23ClN4O2. The fourth-order valence-electron chi connectivity index (χ4n) is 3.71. The van der Waals surface area contributed by atoms with Gasteiger partial charge in [-0.15, -0.1) is 0 Å². The number of hydrogen-bond acceptors (Lipinski definition) is 4. The molecule has 2 amide bonds. The predicted molar refractivity (Wildman–Crippen MR) is 117 cm³/mol. The number of urea groups is 1. The van der Waals surface area contributed by atoms with Crippen molar-refractivity contribution in [3.63, 3.8) is 0 Å². The molecule has 30 heavy (non-hydrogen) atoms. The number of hydrogen-bond donors (Lipinski definition) is 1. The second-order valence-corrected chi connectivity index (χ2v) is 7.59. The molecule has 1 aliphatic rings. The van der Waals surface area contributed by atoms with Gasteiger partial charge in [-0.25, -0.2) is 4.79 Å². The molecule has 3 aromatic rings. The van der Waals surface area contributed by atoms with Gasteiger partial charge in [0.25, 0.3) is 5.89 Å². The van der Waals surface area contributed by atoms with Crippen LogP contribution in [0.2, 0.25) is 5.02 Å². The Morgan fingerprint density at radius 2 is 1.93 bits per heavy atom. The summed E-state index contributed by atoms with van der Waals surface area (Å²) in [6.45, 7) is 6.50. The predicted octanol–water partition coefficient (Wildman–Crippen LogP) is 5.47. The van der Waals surface area contributed by atoms with Gasteiger partial charge in [0.1, 0.15) is 0 Å². The first kappa shape index (κ1) is 20.2. The zero-order valence-electron chi connectivity index (χ0n) is 17.1. The number of nitrogens with one attached hydrogen (secondary N) is 1. The van der Waals surface area contributed by atoms with E-state index in [2.05, 4.69) is 34.5 Å². The van der Waals surface area contributed by atoms with Crippen molar-refractivity contribution >= 4 is 23.2 Å². The van der Waals surface area contributed by atoms with E-state index in [0.29, 0.717) is 23.3 Å². The van der Waals surface area contributed by atoms with Crippen molar-refractivity contribution < 1.29 is 9.32 Å². The van der Waals surface area contributed by atoms with E-state index >= 15 is 0 Å². The molecular weight excluding hydrogens is 400 g/mol. The van der Waals surface area contributed by atoms with Crippen molar-refractivity contribution in [1.29, 1.82) is 0 Å². The molecule has 1 N–H and O–H groups in total. The summed E-state index contributed by atoms with van der Waals surface area (Å²) in [5, 5.41) is 7.84. The number of allylic oxidation sites excluding steroid dienone is 1. The first-order chi connectivity index (χ1) is 14.5. The Bertz CT molecular complexity index is 1100. The van der Waals surface area contributed by atoms with Gasteiger partial charge < -0.3 is 9.84 Å². The largest absolute Gasteiger partial charge is 0.334 e. The van der Waals surface area contributed by atoms with Gasteiger partial charge >= 0.3 is 6.03 Å². The molecule has 0 saturated carbocycles. The highest BCUT2D eigenvalue weighted by atomic mass is 35.5. The number of amides is 2. The van der Waals surface area contributed by atoms with Crippen LogP contribution in [0.25, 0.3) is 17.0 Å². The van der Waals surface area contributed by atoms with Gasteiger partial charge in [0, 0.05) is 22.8 Å². The van der Waals surface area contributed by atoms with Gasteiger partial charge in [0.2, 0.25) is 5.82 Å². The maximum Gasteiger partial charge on any atom is 0.322 e. The Kier molecular flexibility index (Phi) is 5.59. The van der Waals surface area contributed by atoms with Crippen LogP contribution < -0.4 is 5.32 Å². The molecule has 2 aromatic carbocycles. The standard InChI is InChI=1S/C23H23ClN4O2/c1-4-15-9-11-16(12-10-15)20-19(14(3)28(5-2)23(29)25-20)22-26-21(27-30-22)17-7-6-8-18(24)13-17/h6-13,20H,4-5H2,1-3H3,(H,25,29). The van der Waals surface area contributed by atoms with Crippen LogP contribution in [0, 0.1) is 0 Å². The van der Waals surface area contributed by atoms with Gasteiger partial charge in [-0.1, -0.05) is 60.1 Å². The van der Waals surface area contributed by atoms with E-state index in [9.17, 15) is 4.79 Å². The Labute approximate surface area is 180 Å². The molecule has 1 atom stereocenters. The number of benzene rings is 2. The van der Waals surface area contributed by atoms with Crippen LogP contribution in [0.3, 0.4) is 0 Å². The highest BCUT2D eigenvalue weighted by Gasteiger charge is 2.35. The minimum absolute atomic E-state index is 0.141. The summed E-state index contributed by atoms with van der Waals surface area (Å²) in [6, 6.07) is 15.0. The Balaban J connectivity index is 1.80. The summed E-state index contributed by atoms with van der Waals surface area (Å²) >= 11 is 6.11. The Morgan fingerprint density at radius 1 is 1.17 bits per heavy atom. The number of halogens is 1. The third-order valence-electron chi connectivity index (χ3n) is 5.37. The minimum Gasteiger partial charge on any atom is -0.334 e. The number of aromatic nitrogens is 2. The van der Waals surface area contributed by atoms with Crippen molar-refractivity contribution in [2.24, 2.45) is 0 Å². The molecule has 0 aliphatic carbocycles. The lowest BCUT2D eigenvalue weighted by Crippen LogP contribution is -2.45. The summed E-state index contributed by atoms with van der Waals surface area (Å²) in [6.07, 6.45) is 0.954. The Hall–Kier alpha value is -3.12. The van der Waals surface area contributed by atoms with E-state index in [4.69, 9.17) is 16.1 Å². The summed E-state index contributed by atoms with van der Waals surface area (Å²) < 4.78 is 5.65. The van der Waals surface area contributed by atoms with E-state index in [1.807, 2.05) is 38.1 Å². The third-order valence-corrected chi connectivity index (χ3v) is 5.61. The average Bonchev–Trinajstić information content (AvgIpc) is 3.23. The maximum atomic E-state index is 12.7. The summed E-state index contributed by atoms with van der Waals surface area (Å²) in [5.74, 6) is 0.832. The SMILES string of the molecule is CCc1ccc(C2NC(=O)N(CC)C(C)=C2c2nc(-c3cccc(Cl)c3)no2)cc1. The van der Waals surface area contributed by atoms with Crippen molar-refractivity contribution in [2.45, 2.75) is 33.2 Å². The van der Waals surface area contributed by atoms with Gasteiger partial charge in [-0.3, -0.25) is 4.90 Å². The summed E-state index contributed by atoms with van der Waals surface area (Å²) in [7, 11) is 0. The van der Waals surface area contributed by atoms with E-state index in [-0.39, 0.29) is 12.1 Å². The molecule has 0 spiro atoms. The molecule has 6 nitrogen and oxygen atoms in total. The van der Waals surface area contributed by atoms with Crippen LogP contribution in [0.1, 0.15) is 43.8 Å². The van der Waals surface area contributed by atoms with Crippen molar-refractivity contribution in [2.75, 3.05) is 6.54 Å². The highest BCUT2D eigenvalue weighted by Crippen LogP contribution is 2.37. The smallest absolute Gasteiger partial charge is 0.322 e. The zero-order valence-corrected chi connectivity index (χ0v) is 17.9. The van der Waals surface area contributed by atoms with Crippen LogP contribution >= 0.6 is 11.6 Å². The summed E-state index contributed by atoms with van der Waals surface area (Å²) in [4.78, 5) is 19.0. The first-order valence-electron chi connectivity index (χ1n) is 9.99. The van der Waals surface area contributed by atoms with Crippen LogP contribution in [0.4, 0.5) is 4.79 Å². The number of nitrogens with zero attached hydrogens (tertiary/aromatic N) is 3. The van der Waals surface area contributed by atoms with E-state index in [1.54, 1.807) is 17.0 Å². The summed E-state index contributed by atoms with van der Waals surface area (Å²) in [5.41, 5.74) is 4.56. The lowest BCUT2D eigenvalue weighted by molar-refractivity contribution is 0.207. The topological polar surface area (TPSA) is 71.3 Å². The molecule has 1 aliphatic heterocycles. The monoisotopic (exact) mass is 422 g/mol. The van der Waals surface area contributed by atoms with E-state index in [1.165, 1.54) is 5.56 Å². The molecule has 0 fully saturated rings.